The molecule has 0 radical (unpaired) electrons. The first-order valence-corrected chi connectivity index (χ1v) is 16.0. The third kappa shape index (κ3) is 5.84. The number of H-pyrrole nitrogens is 1. The van der Waals surface area contributed by atoms with E-state index in [2.05, 4.69) is 25.5 Å². The maximum atomic E-state index is 16.9. The molecule has 1 unspecified atom stereocenters. The number of halogens is 7. The number of aryl methyl sites for hydroxylation is 1. The lowest BCUT2D eigenvalue weighted by atomic mass is 9.90. The van der Waals surface area contributed by atoms with Crippen molar-refractivity contribution in [3.63, 3.8) is 0 Å². The number of aromatic nitrogens is 4. The van der Waals surface area contributed by atoms with Gasteiger partial charge in [-0.05, 0) is 51.4 Å². The van der Waals surface area contributed by atoms with Crippen LogP contribution in [0.15, 0.2) is 18.3 Å². The van der Waals surface area contributed by atoms with Gasteiger partial charge in [0.1, 0.15) is 23.8 Å². The molecule has 1 saturated carbocycles. The minimum atomic E-state index is -4.97. The molecule has 16 heteroatoms. The van der Waals surface area contributed by atoms with Gasteiger partial charge in [-0.2, -0.15) is 28.2 Å². The number of piperazine rings is 1. The molecular weight excluding hydrogens is 659 g/mol. The standard InChI is InChI=1S/C33H36F7N7O2/c1-17-9-22-20(11-41-45-22)23(25(17)33(38,39)40)24-21(34)10-19-27(26(24)35)42-29(43-28(19)47-12-18-5-6-30(2,14-47)44-18)49-16-31(13-32(31,36)37)15-46(3)7-8-48-4/h9-11,18,44H,5-8,12-16H2,1-4H3,(H,41,45)/t18?,30-,31+/m0/s1. The summed E-state index contributed by atoms with van der Waals surface area (Å²) in [5.74, 6) is -5.55. The van der Waals surface area contributed by atoms with Gasteiger partial charge in [0.25, 0.3) is 5.92 Å². The lowest BCUT2D eigenvalue weighted by molar-refractivity contribution is -0.137. The Morgan fingerprint density at radius 3 is 2.55 bits per heavy atom. The highest BCUT2D eigenvalue weighted by Crippen LogP contribution is 2.61. The lowest BCUT2D eigenvalue weighted by Crippen LogP contribution is -2.58. The van der Waals surface area contributed by atoms with Crippen molar-refractivity contribution < 1.29 is 40.2 Å². The van der Waals surface area contributed by atoms with Crippen LogP contribution in [0.25, 0.3) is 32.9 Å². The quantitative estimate of drug-likeness (QED) is 0.193. The molecule has 2 saturated heterocycles. The Bertz CT molecular complexity index is 1940. The first-order chi connectivity index (χ1) is 23.0. The van der Waals surface area contributed by atoms with Gasteiger partial charge in [0.15, 0.2) is 5.82 Å². The third-order valence-corrected chi connectivity index (χ3v) is 10.1. The minimum absolute atomic E-state index is 0.0282. The molecule has 3 fully saturated rings. The van der Waals surface area contributed by atoms with Gasteiger partial charge >= 0.3 is 12.2 Å². The normalized spacial score (nSPS) is 24.8. The smallest absolute Gasteiger partial charge is 0.417 e. The van der Waals surface area contributed by atoms with Crippen LogP contribution in [-0.4, -0.2) is 96.1 Å². The number of anilines is 1. The molecular formula is C33H36F7N7O2. The molecule has 49 heavy (non-hydrogen) atoms. The topological polar surface area (TPSA) is 91.4 Å². The van der Waals surface area contributed by atoms with Crippen molar-refractivity contribution in [2.24, 2.45) is 5.41 Å². The molecule has 4 heterocycles. The molecule has 0 spiro atoms. The number of fused-ring (bicyclic) bond motifs is 4. The Kier molecular flexibility index (Phi) is 8.02. The Balaban J connectivity index is 1.38. The van der Waals surface area contributed by atoms with Crippen LogP contribution in [0.5, 0.6) is 6.01 Å². The summed E-state index contributed by atoms with van der Waals surface area (Å²) < 4.78 is 117. The molecule has 4 aromatic rings. The maximum Gasteiger partial charge on any atom is 0.417 e. The van der Waals surface area contributed by atoms with E-state index >= 15 is 8.78 Å². The third-order valence-electron chi connectivity index (χ3n) is 10.1. The number of rotatable bonds is 10. The number of ether oxygens (including phenoxy) is 2. The molecule has 9 nitrogen and oxygen atoms in total. The van der Waals surface area contributed by atoms with Gasteiger partial charge < -0.3 is 24.6 Å². The maximum absolute atomic E-state index is 16.9. The van der Waals surface area contributed by atoms with Gasteiger partial charge in [-0.1, -0.05) is 0 Å². The van der Waals surface area contributed by atoms with E-state index in [-0.39, 0.29) is 45.8 Å². The minimum Gasteiger partial charge on any atom is -0.463 e. The van der Waals surface area contributed by atoms with Crippen molar-refractivity contribution in [1.29, 1.82) is 0 Å². The summed E-state index contributed by atoms with van der Waals surface area (Å²) >= 11 is 0. The zero-order chi connectivity index (χ0) is 35.1. The highest BCUT2D eigenvalue weighted by molar-refractivity contribution is 6.01. The van der Waals surface area contributed by atoms with E-state index in [4.69, 9.17) is 9.47 Å². The summed E-state index contributed by atoms with van der Waals surface area (Å²) in [5.41, 5.74) is -5.39. The first-order valence-electron chi connectivity index (χ1n) is 16.0. The van der Waals surface area contributed by atoms with E-state index in [1.54, 1.807) is 11.9 Å². The largest absolute Gasteiger partial charge is 0.463 e. The van der Waals surface area contributed by atoms with Crippen molar-refractivity contribution in [3.05, 3.63) is 41.1 Å². The van der Waals surface area contributed by atoms with E-state index < -0.39 is 70.4 Å². The average molecular weight is 696 g/mol. The number of hydrogen-bond acceptors (Lipinski definition) is 8. The number of methoxy groups -OCH3 is 1. The van der Waals surface area contributed by atoms with Crippen LogP contribution in [0.2, 0.25) is 0 Å². The van der Waals surface area contributed by atoms with Crippen molar-refractivity contribution >= 4 is 27.6 Å². The van der Waals surface area contributed by atoms with Crippen LogP contribution in [-0.2, 0) is 10.9 Å². The highest BCUT2D eigenvalue weighted by atomic mass is 19.4. The van der Waals surface area contributed by atoms with Gasteiger partial charge in [0.2, 0.25) is 0 Å². The van der Waals surface area contributed by atoms with E-state index in [0.717, 1.165) is 25.1 Å². The number of aromatic amines is 1. The van der Waals surface area contributed by atoms with Gasteiger partial charge in [-0.3, -0.25) is 5.10 Å². The number of nitrogens with zero attached hydrogens (tertiary/aromatic N) is 5. The fourth-order valence-electron chi connectivity index (χ4n) is 7.65. The van der Waals surface area contributed by atoms with Crippen molar-refractivity contribution in [3.8, 4) is 17.1 Å². The van der Waals surface area contributed by atoms with Crippen LogP contribution >= 0.6 is 0 Å². The number of hydrogen-bond donors (Lipinski definition) is 2. The van der Waals surface area contributed by atoms with E-state index in [9.17, 15) is 22.0 Å². The zero-order valence-electron chi connectivity index (χ0n) is 27.4. The average Bonchev–Trinajstić information content (AvgIpc) is 3.27. The Morgan fingerprint density at radius 2 is 1.88 bits per heavy atom. The number of nitrogens with one attached hydrogen (secondary N) is 2. The fraction of sp³-hybridized carbons (Fsp3) is 0.545. The van der Waals surface area contributed by atoms with Crippen molar-refractivity contribution in [1.82, 2.24) is 30.4 Å². The molecule has 2 aromatic heterocycles. The predicted octanol–water partition coefficient (Wildman–Crippen LogP) is 6.09. The molecule has 2 aliphatic heterocycles. The van der Waals surface area contributed by atoms with Crippen LogP contribution < -0.4 is 15.0 Å². The second-order valence-electron chi connectivity index (χ2n) is 14.0. The Morgan fingerprint density at radius 1 is 1.12 bits per heavy atom. The lowest BCUT2D eigenvalue weighted by Gasteiger charge is -2.40. The summed E-state index contributed by atoms with van der Waals surface area (Å²) in [4.78, 5) is 12.3. The van der Waals surface area contributed by atoms with E-state index in [0.29, 0.717) is 26.2 Å². The molecule has 264 valence electrons. The molecule has 2 aromatic carbocycles. The van der Waals surface area contributed by atoms with Gasteiger partial charge in [-0.25, -0.2) is 17.6 Å². The molecule has 1 aliphatic carbocycles. The Hall–Kier alpha value is -3.76. The predicted molar refractivity (Wildman–Crippen MR) is 168 cm³/mol. The van der Waals surface area contributed by atoms with Crippen LogP contribution in [0.1, 0.15) is 37.3 Å². The fourth-order valence-corrected chi connectivity index (χ4v) is 7.65. The SMILES string of the molecule is COCCN(C)C[C@@]1(COc2nc(N3CC4CC[C@@](C)(C3)N4)c3cc(F)c(-c4c(C(F)(F)F)c(C)cc5[nH]ncc45)c(F)c3n2)CC1(F)F. The highest BCUT2D eigenvalue weighted by Gasteiger charge is 2.71. The van der Waals surface area contributed by atoms with Gasteiger partial charge in [0, 0.05) is 67.6 Å². The second-order valence-corrected chi connectivity index (χ2v) is 14.0. The zero-order valence-corrected chi connectivity index (χ0v) is 27.4. The van der Waals surface area contributed by atoms with Crippen molar-refractivity contribution in [2.75, 3.05) is 58.5 Å². The van der Waals surface area contributed by atoms with Crippen molar-refractivity contribution in [2.45, 2.75) is 56.8 Å². The van der Waals surface area contributed by atoms with E-state index in [1.165, 1.54) is 20.1 Å². The van der Waals surface area contributed by atoms with Crippen LogP contribution in [0.4, 0.5) is 36.6 Å². The molecule has 0 amide bonds. The van der Waals surface area contributed by atoms with Crippen LogP contribution in [0.3, 0.4) is 0 Å². The summed E-state index contributed by atoms with van der Waals surface area (Å²) in [6.07, 6.45) is -2.64. The van der Waals surface area contributed by atoms with Gasteiger partial charge in [-0.15, -0.1) is 0 Å². The summed E-state index contributed by atoms with van der Waals surface area (Å²) in [5, 5.41) is 9.73. The number of benzene rings is 2. The molecule has 2 bridgehead atoms. The van der Waals surface area contributed by atoms with Gasteiger partial charge in [0.05, 0.1) is 34.9 Å². The first kappa shape index (κ1) is 33.7. The van der Waals surface area contributed by atoms with E-state index in [1.807, 2.05) is 11.8 Å². The summed E-state index contributed by atoms with van der Waals surface area (Å²) in [6, 6.07) is 1.77. The number of likely N-dealkylation sites (N-methyl/N-ethyl adjacent to an activating group) is 1. The summed E-state index contributed by atoms with van der Waals surface area (Å²) in [6.45, 7) is 4.24. The molecule has 3 atom stereocenters. The molecule has 7 rings (SSSR count). The monoisotopic (exact) mass is 695 g/mol. The molecule has 2 N–H and O–H groups in total. The number of alkyl halides is 5. The Labute approximate surface area is 277 Å². The second kappa shape index (κ2) is 11.7. The summed E-state index contributed by atoms with van der Waals surface area (Å²) in [7, 11) is 3.19. The van der Waals surface area contributed by atoms with Crippen LogP contribution in [0, 0.1) is 24.0 Å². The molecule has 3 aliphatic rings.